The maximum atomic E-state index is 12.4. The van der Waals surface area contributed by atoms with Gasteiger partial charge in [-0.3, -0.25) is 9.59 Å². The van der Waals surface area contributed by atoms with Crippen LogP contribution in [0.4, 0.5) is 0 Å². The molecule has 0 saturated heterocycles. The molecular formula is C23H30O6. The summed E-state index contributed by atoms with van der Waals surface area (Å²) in [6.07, 6.45) is 8.60. The van der Waals surface area contributed by atoms with Crippen LogP contribution in [-0.2, 0) is 14.3 Å². The van der Waals surface area contributed by atoms with Crippen LogP contribution in [0, 0.1) is 5.92 Å². The monoisotopic (exact) mass is 402 g/mol. The third kappa shape index (κ3) is 7.24. The van der Waals surface area contributed by atoms with Crippen LogP contribution in [-0.4, -0.2) is 40.5 Å². The smallest absolute Gasteiger partial charge is 0.314 e. The Hall–Kier alpha value is -2.28. The van der Waals surface area contributed by atoms with E-state index in [0.29, 0.717) is 17.9 Å². The Morgan fingerprint density at radius 3 is 2.41 bits per heavy atom. The lowest BCUT2D eigenvalue weighted by Gasteiger charge is -2.27. The lowest BCUT2D eigenvalue weighted by molar-refractivity contribution is -0.178. The van der Waals surface area contributed by atoms with Gasteiger partial charge >= 0.3 is 5.97 Å². The average Bonchev–Trinajstić information content (AvgIpc) is 2.73. The molecule has 158 valence electrons. The van der Waals surface area contributed by atoms with Crippen molar-refractivity contribution < 1.29 is 29.3 Å². The standard InChI is InChI=1S/C23H30O6/c1-3-5-16-28-19-13-9-18(10-14-19)22(25)29-20-11-6-17(7-12-20)8-15-21(24)23(26,27)4-2/h3,6-8,11-12,15,18-19,26-27H,1,4-5,9-10,13-14,16H2,2H3/b15-8+. The Kier molecular flexibility index (Phi) is 8.76. The Morgan fingerprint density at radius 2 is 1.83 bits per heavy atom. The van der Waals surface area contributed by atoms with Gasteiger partial charge in [0.15, 0.2) is 0 Å². The summed E-state index contributed by atoms with van der Waals surface area (Å²) in [4.78, 5) is 24.1. The van der Waals surface area contributed by atoms with E-state index in [1.807, 2.05) is 6.08 Å². The summed E-state index contributed by atoms with van der Waals surface area (Å²) < 4.78 is 11.2. The van der Waals surface area contributed by atoms with Crippen molar-refractivity contribution in [2.24, 2.45) is 5.92 Å². The van der Waals surface area contributed by atoms with Crippen molar-refractivity contribution in [1.82, 2.24) is 0 Å². The lowest BCUT2D eigenvalue weighted by atomic mass is 9.87. The first kappa shape index (κ1) is 23.0. The van der Waals surface area contributed by atoms with Crippen LogP contribution in [0.1, 0.15) is 51.0 Å². The molecule has 1 aliphatic rings. The van der Waals surface area contributed by atoms with Crippen molar-refractivity contribution in [3.63, 3.8) is 0 Å². The average molecular weight is 402 g/mol. The van der Waals surface area contributed by atoms with E-state index in [0.717, 1.165) is 38.2 Å². The van der Waals surface area contributed by atoms with Crippen molar-refractivity contribution in [2.75, 3.05) is 6.61 Å². The summed E-state index contributed by atoms with van der Waals surface area (Å²) in [6, 6.07) is 6.69. The zero-order chi connectivity index (χ0) is 21.3. The molecule has 1 saturated carbocycles. The normalized spacial score (nSPS) is 19.8. The molecule has 1 aromatic rings. The molecule has 2 N–H and O–H groups in total. The van der Waals surface area contributed by atoms with Gasteiger partial charge in [0.25, 0.3) is 0 Å². The highest BCUT2D eigenvalue weighted by Gasteiger charge is 2.29. The fourth-order valence-corrected chi connectivity index (χ4v) is 3.11. The molecule has 2 rings (SSSR count). The van der Waals surface area contributed by atoms with Crippen molar-refractivity contribution >= 4 is 17.8 Å². The van der Waals surface area contributed by atoms with Gasteiger partial charge in [-0.25, -0.2) is 0 Å². The van der Waals surface area contributed by atoms with E-state index in [2.05, 4.69) is 6.58 Å². The summed E-state index contributed by atoms with van der Waals surface area (Å²) in [5.41, 5.74) is 0.683. The Balaban J connectivity index is 1.81. The summed E-state index contributed by atoms with van der Waals surface area (Å²) in [7, 11) is 0. The van der Waals surface area contributed by atoms with Gasteiger partial charge in [0.1, 0.15) is 5.75 Å². The second kappa shape index (κ2) is 11.0. The molecule has 1 aromatic carbocycles. The summed E-state index contributed by atoms with van der Waals surface area (Å²) >= 11 is 0. The third-order valence-electron chi connectivity index (χ3n) is 5.10. The number of benzene rings is 1. The SMILES string of the molecule is C=CCCOC1CCC(C(=O)Oc2ccc(/C=C/C(=O)C(O)(O)CC)cc2)CC1. The minimum atomic E-state index is -2.35. The number of hydrogen-bond acceptors (Lipinski definition) is 6. The van der Waals surface area contributed by atoms with E-state index < -0.39 is 11.6 Å². The molecule has 1 fully saturated rings. The van der Waals surface area contributed by atoms with Crippen molar-refractivity contribution in [3.8, 4) is 5.75 Å². The molecule has 0 bridgehead atoms. The Morgan fingerprint density at radius 1 is 1.17 bits per heavy atom. The fourth-order valence-electron chi connectivity index (χ4n) is 3.11. The first-order valence-corrected chi connectivity index (χ1v) is 10.1. The predicted molar refractivity (Wildman–Crippen MR) is 110 cm³/mol. The van der Waals surface area contributed by atoms with Crippen LogP contribution in [0.25, 0.3) is 6.08 Å². The molecule has 29 heavy (non-hydrogen) atoms. The van der Waals surface area contributed by atoms with Crippen molar-refractivity contribution in [3.05, 3.63) is 48.6 Å². The number of ketones is 1. The molecule has 0 heterocycles. The molecule has 0 atom stereocenters. The van der Waals surface area contributed by atoms with Gasteiger partial charge in [-0.05, 0) is 55.9 Å². The maximum Gasteiger partial charge on any atom is 0.314 e. The summed E-state index contributed by atoms with van der Waals surface area (Å²) in [6.45, 7) is 5.86. The van der Waals surface area contributed by atoms with E-state index in [1.54, 1.807) is 24.3 Å². The molecule has 1 aliphatic carbocycles. The second-order valence-electron chi connectivity index (χ2n) is 7.28. The fraction of sp³-hybridized carbons (Fsp3) is 0.478. The van der Waals surface area contributed by atoms with Crippen molar-refractivity contribution in [1.29, 1.82) is 0 Å². The highest BCUT2D eigenvalue weighted by atomic mass is 16.5. The van der Waals surface area contributed by atoms with Gasteiger partial charge in [0.05, 0.1) is 18.6 Å². The maximum absolute atomic E-state index is 12.4. The van der Waals surface area contributed by atoms with Crippen LogP contribution in [0.2, 0.25) is 0 Å². The van der Waals surface area contributed by atoms with Gasteiger partial charge in [-0.1, -0.05) is 31.2 Å². The number of rotatable bonds is 10. The predicted octanol–water partition coefficient (Wildman–Crippen LogP) is 3.42. The quantitative estimate of drug-likeness (QED) is 0.156. The van der Waals surface area contributed by atoms with Crippen LogP contribution < -0.4 is 4.74 Å². The lowest BCUT2D eigenvalue weighted by Crippen LogP contribution is -2.36. The molecule has 6 nitrogen and oxygen atoms in total. The summed E-state index contributed by atoms with van der Waals surface area (Å²) in [5, 5.41) is 19.0. The Labute approximate surface area is 171 Å². The minimum Gasteiger partial charge on any atom is -0.426 e. The first-order valence-electron chi connectivity index (χ1n) is 10.1. The molecule has 6 heteroatoms. The number of esters is 1. The molecular weight excluding hydrogens is 372 g/mol. The number of aliphatic hydroxyl groups is 2. The summed E-state index contributed by atoms with van der Waals surface area (Å²) in [5.74, 6) is -3.04. The first-order chi connectivity index (χ1) is 13.9. The van der Waals surface area contributed by atoms with E-state index >= 15 is 0 Å². The van der Waals surface area contributed by atoms with Crippen LogP contribution in [0.15, 0.2) is 43.0 Å². The molecule has 0 aliphatic heterocycles. The molecule has 0 unspecified atom stereocenters. The topological polar surface area (TPSA) is 93.1 Å². The van der Waals surface area contributed by atoms with Gasteiger partial charge < -0.3 is 19.7 Å². The van der Waals surface area contributed by atoms with Crippen LogP contribution in [0.3, 0.4) is 0 Å². The second-order valence-corrected chi connectivity index (χ2v) is 7.28. The van der Waals surface area contributed by atoms with E-state index in [4.69, 9.17) is 9.47 Å². The highest BCUT2D eigenvalue weighted by Crippen LogP contribution is 2.28. The number of carbonyl (C=O) groups excluding carboxylic acids is 2. The number of ether oxygens (including phenoxy) is 2. The number of carbonyl (C=O) groups is 2. The highest BCUT2D eigenvalue weighted by molar-refractivity contribution is 5.98. The molecule has 0 amide bonds. The van der Waals surface area contributed by atoms with Gasteiger partial charge in [0.2, 0.25) is 11.6 Å². The van der Waals surface area contributed by atoms with E-state index in [-0.39, 0.29) is 24.4 Å². The van der Waals surface area contributed by atoms with Gasteiger partial charge in [0, 0.05) is 6.42 Å². The molecule has 0 aromatic heterocycles. The zero-order valence-electron chi connectivity index (χ0n) is 16.9. The van der Waals surface area contributed by atoms with Gasteiger partial charge in [-0.2, -0.15) is 0 Å². The zero-order valence-corrected chi connectivity index (χ0v) is 16.9. The van der Waals surface area contributed by atoms with E-state index in [1.165, 1.54) is 13.0 Å². The van der Waals surface area contributed by atoms with E-state index in [9.17, 15) is 19.8 Å². The number of hydrogen-bond donors (Lipinski definition) is 2. The van der Waals surface area contributed by atoms with Crippen molar-refractivity contribution in [2.45, 2.75) is 57.3 Å². The Bertz CT molecular complexity index is 711. The third-order valence-corrected chi connectivity index (χ3v) is 5.10. The van der Waals surface area contributed by atoms with Gasteiger partial charge in [-0.15, -0.1) is 6.58 Å². The van der Waals surface area contributed by atoms with Crippen LogP contribution in [0.5, 0.6) is 5.75 Å². The largest absolute Gasteiger partial charge is 0.426 e. The molecule has 0 spiro atoms. The minimum absolute atomic E-state index is 0.0894. The molecule has 0 radical (unpaired) electrons. The van der Waals surface area contributed by atoms with Crippen LogP contribution >= 0.6 is 0 Å².